The molecule has 0 heterocycles. The molecule has 0 saturated heterocycles. The van der Waals surface area contributed by atoms with Crippen molar-refractivity contribution < 1.29 is 19.7 Å². The van der Waals surface area contributed by atoms with Crippen LogP contribution in [0.3, 0.4) is 0 Å². The average molecular weight is 270 g/mol. The molecule has 0 atom stereocenters. The lowest BCUT2D eigenvalue weighted by Gasteiger charge is -2.06. The topological polar surface area (TPSA) is 66.8 Å². The quantitative estimate of drug-likeness (QED) is 0.819. The summed E-state index contributed by atoms with van der Waals surface area (Å²) in [6.45, 7) is 0.00485. The molecule has 0 bridgehead atoms. The van der Waals surface area contributed by atoms with E-state index in [1.165, 1.54) is 6.08 Å². The van der Waals surface area contributed by atoms with E-state index in [-0.39, 0.29) is 6.61 Å². The molecule has 0 amide bonds. The Hall–Kier alpha value is -2.59. The molecule has 0 aliphatic carbocycles. The van der Waals surface area contributed by atoms with E-state index in [1.807, 2.05) is 0 Å². The molecule has 0 radical (unpaired) electrons. The summed E-state index contributed by atoms with van der Waals surface area (Å²) < 4.78 is 5.64. The number of ether oxygens (including phenoxy) is 1. The number of hydrogen-bond donors (Lipinski definition) is 2. The zero-order valence-corrected chi connectivity index (χ0v) is 10.7. The third-order valence-electron chi connectivity index (χ3n) is 2.64. The van der Waals surface area contributed by atoms with Gasteiger partial charge in [0.15, 0.2) is 0 Å². The molecular weight excluding hydrogens is 256 g/mol. The van der Waals surface area contributed by atoms with E-state index in [1.54, 1.807) is 48.5 Å². The number of rotatable bonds is 5. The van der Waals surface area contributed by atoms with Crippen molar-refractivity contribution in [2.45, 2.75) is 6.61 Å². The minimum Gasteiger partial charge on any atom is -0.478 e. The smallest absolute Gasteiger partial charge is 0.328 e. The second-order valence-corrected chi connectivity index (χ2v) is 4.14. The van der Waals surface area contributed by atoms with Crippen LogP contribution in [0.5, 0.6) is 11.5 Å². The highest BCUT2D eigenvalue weighted by Gasteiger charge is 1.98. The number of carbonyl (C=O) groups is 1. The summed E-state index contributed by atoms with van der Waals surface area (Å²) in [6.07, 6.45) is 2.60. The number of carboxylic acids is 1. The Balaban J connectivity index is 2.04. The molecule has 20 heavy (non-hydrogen) atoms. The van der Waals surface area contributed by atoms with Crippen molar-refractivity contribution >= 4 is 12.0 Å². The Kier molecular flexibility index (Phi) is 4.52. The van der Waals surface area contributed by atoms with Crippen LogP contribution >= 0.6 is 0 Å². The number of aliphatic hydroxyl groups excluding tert-OH is 1. The van der Waals surface area contributed by atoms with Crippen LogP contribution in [0.15, 0.2) is 54.6 Å². The lowest BCUT2D eigenvalue weighted by atomic mass is 10.2. The molecule has 0 fully saturated rings. The SMILES string of the molecule is O=C(O)/C=C/c1ccc(Oc2ccc(CO)cc2)cc1. The van der Waals surface area contributed by atoms with Gasteiger partial charge in [-0.05, 0) is 41.5 Å². The summed E-state index contributed by atoms with van der Waals surface area (Å²) in [5.74, 6) is 0.361. The van der Waals surface area contributed by atoms with Gasteiger partial charge in [0.25, 0.3) is 0 Å². The molecule has 4 nitrogen and oxygen atoms in total. The van der Waals surface area contributed by atoms with Crippen LogP contribution in [0.25, 0.3) is 6.08 Å². The van der Waals surface area contributed by atoms with Gasteiger partial charge in [0.1, 0.15) is 11.5 Å². The van der Waals surface area contributed by atoms with Crippen LogP contribution < -0.4 is 4.74 Å². The monoisotopic (exact) mass is 270 g/mol. The Morgan fingerprint density at radius 3 is 2.05 bits per heavy atom. The number of hydrogen-bond acceptors (Lipinski definition) is 3. The lowest BCUT2D eigenvalue weighted by Crippen LogP contribution is -1.87. The van der Waals surface area contributed by atoms with Crippen molar-refractivity contribution in [3.8, 4) is 11.5 Å². The number of aliphatic carboxylic acids is 1. The molecule has 0 aromatic heterocycles. The van der Waals surface area contributed by atoms with E-state index >= 15 is 0 Å². The Morgan fingerprint density at radius 1 is 1.00 bits per heavy atom. The van der Waals surface area contributed by atoms with E-state index in [9.17, 15) is 4.79 Å². The standard InChI is InChI=1S/C16H14O4/c17-11-13-3-8-15(9-4-13)20-14-6-1-12(2-7-14)5-10-16(18)19/h1-10,17H,11H2,(H,18,19)/b10-5+. The highest BCUT2D eigenvalue weighted by Crippen LogP contribution is 2.22. The average Bonchev–Trinajstić information content (AvgIpc) is 2.47. The molecule has 0 aliphatic heterocycles. The van der Waals surface area contributed by atoms with Crippen molar-refractivity contribution in [3.05, 3.63) is 65.7 Å². The van der Waals surface area contributed by atoms with Gasteiger partial charge in [-0.25, -0.2) is 4.79 Å². The molecular formula is C16H14O4. The summed E-state index contributed by atoms with van der Waals surface area (Å²) >= 11 is 0. The Morgan fingerprint density at radius 2 is 1.55 bits per heavy atom. The number of aliphatic hydroxyl groups is 1. The summed E-state index contributed by atoms with van der Waals surface area (Å²) in [7, 11) is 0. The highest BCUT2D eigenvalue weighted by molar-refractivity contribution is 5.85. The number of carboxylic acid groups (broad SMARTS) is 1. The van der Waals surface area contributed by atoms with Crippen molar-refractivity contribution in [3.63, 3.8) is 0 Å². The van der Waals surface area contributed by atoms with Crippen LogP contribution in [-0.4, -0.2) is 16.2 Å². The van der Waals surface area contributed by atoms with Crippen LogP contribution in [0, 0.1) is 0 Å². The highest BCUT2D eigenvalue weighted by atomic mass is 16.5. The van der Waals surface area contributed by atoms with Gasteiger partial charge in [0.05, 0.1) is 6.61 Å². The molecule has 2 aromatic carbocycles. The minimum atomic E-state index is -0.978. The Labute approximate surface area is 116 Å². The summed E-state index contributed by atoms with van der Waals surface area (Å²) in [5.41, 5.74) is 1.61. The van der Waals surface area contributed by atoms with E-state index in [0.717, 1.165) is 17.2 Å². The van der Waals surface area contributed by atoms with Gasteiger partial charge in [-0.2, -0.15) is 0 Å². The third kappa shape index (κ3) is 3.96. The van der Waals surface area contributed by atoms with Gasteiger partial charge in [0, 0.05) is 6.08 Å². The number of benzene rings is 2. The first-order valence-corrected chi connectivity index (χ1v) is 6.06. The molecule has 102 valence electrons. The second-order valence-electron chi connectivity index (χ2n) is 4.14. The van der Waals surface area contributed by atoms with Crippen LogP contribution in [0.4, 0.5) is 0 Å². The molecule has 2 N–H and O–H groups in total. The largest absolute Gasteiger partial charge is 0.478 e. The maximum Gasteiger partial charge on any atom is 0.328 e. The summed E-state index contributed by atoms with van der Waals surface area (Å²) in [4.78, 5) is 10.4. The molecule has 2 rings (SSSR count). The first-order valence-electron chi connectivity index (χ1n) is 6.06. The summed E-state index contributed by atoms with van der Waals surface area (Å²) in [6, 6.07) is 14.2. The van der Waals surface area contributed by atoms with E-state index in [2.05, 4.69) is 0 Å². The van der Waals surface area contributed by atoms with Crippen molar-refractivity contribution in [2.24, 2.45) is 0 Å². The molecule has 4 heteroatoms. The Bertz CT molecular complexity index is 597. The lowest BCUT2D eigenvalue weighted by molar-refractivity contribution is -0.131. The second kappa shape index (κ2) is 6.54. The predicted molar refractivity (Wildman–Crippen MR) is 75.6 cm³/mol. The van der Waals surface area contributed by atoms with Gasteiger partial charge in [-0.15, -0.1) is 0 Å². The van der Waals surface area contributed by atoms with Gasteiger partial charge in [-0.1, -0.05) is 24.3 Å². The zero-order valence-electron chi connectivity index (χ0n) is 10.7. The zero-order chi connectivity index (χ0) is 14.4. The maximum absolute atomic E-state index is 10.4. The van der Waals surface area contributed by atoms with Gasteiger partial charge in [-0.3, -0.25) is 0 Å². The fraction of sp³-hybridized carbons (Fsp3) is 0.0625. The molecule has 0 saturated carbocycles. The normalized spacial score (nSPS) is 10.7. The molecule has 0 spiro atoms. The van der Waals surface area contributed by atoms with Crippen molar-refractivity contribution in [2.75, 3.05) is 0 Å². The minimum absolute atomic E-state index is 0.00485. The van der Waals surface area contributed by atoms with E-state index < -0.39 is 5.97 Å². The maximum atomic E-state index is 10.4. The van der Waals surface area contributed by atoms with Gasteiger partial charge < -0.3 is 14.9 Å². The van der Waals surface area contributed by atoms with Crippen LogP contribution in [0.1, 0.15) is 11.1 Å². The van der Waals surface area contributed by atoms with Gasteiger partial charge in [0.2, 0.25) is 0 Å². The fourth-order valence-corrected chi connectivity index (χ4v) is 1.61. The fourth-order valence-electron chi connectivity index (χ4n) is 1.61. The van der Waals surface area contributed by atoms with Crippen molar-refractivity contribution in [1.29, 1.82) is 0 Å². The first-order chi connectivity index (χ1) is 9.67. The molecule has 0 unspecified atom stereocenters. The molecule has 0 aliphatic rings. The van der Waals surface area contributed by atoms with E-state index in [0.29, 0.717) is 11.5 Å². The van der Waals surface area contributed by atoms with Gasteiger partial charge >= 0.3 is 5.97 Å². The first kappa shape index (κ1) is 13.8. The third-order valence-corrected chi connectivity index (χ3v) is 2.64. The molecule has 2 aromatic rings. The predicted octanol–water partition coefficient (Wildman–Crippen LogP) is 3.07. The van der Waals surface area contributed by atoms with Crippen LogP contribution in [-0.2, 0) is 11.4 Å². The van der Waals surface area contributed by atoms with E-state index in [4.69, 9.17) is 14.9 Å². The van der Waals surface area contributed by atoms with Crippen LogP contribution in [0.2, 0.25) is 0 Å². The summed E-state index contributed by atoms with van der Waals surface area (Å²) in [5, 5.41) is 17.5. The van der Waals surface area contributed by atoms with Crippen molar-refractivity contribution in [1.82, 2.24) is 0 Å².